The van der Waals surface area contributed by atoms with Gasteiger partial charge in [-0.05, 0) is 42.0 Å². The van der Waals surface area contributed by atoms with E-state index in [2.05, 4.69) is 45.8 Å². The van der Waals surface area contributed by atoms with Gasteiger partial charge in [0.2, 0.25) is 0 Å². The Labute approximate surface area is 139 Å². The molecule has 3 aromatic carbocycles. The van der Waals surface area contributed by atoms with Crippen LogP contribution in [0.15, 0.2) is 60.7 Å². The Balaban J connectivity index is 1.88. The Morgan fingerprint density at radius 2 is 1.75 bits per heavy atom. The second kappa shape index (κ2) is 5.64. The molecule has 114 valence electrons. The molecule has 0 aliphatic rings. The zero-order chi connectivity index (χ0) is 16.5. The number of nitriles is 1. The van der Waals surface area contributed by atoms with Crippen molar-refractivity contribution in [1.29, 1.82) is 5.26 Å². The Morgan fingerprint density at radius 1 is 0.917 bits per heavy atom. The van der Waals surface area contributed by atoms with Crippen LogP contribution in [0.5, 0.6) is 0 Å². The van der Waals surface area contributed by atoms with E-state index in [9.17, 15) is 5.26 Å². The lowest BCUT2D eigenvalue weighted by molar-refractivity contribution is 1.05. The van der Waals surface area contributed by atoms with E-state index in [4.69, 9.17) is 0 Å². The van der Waals surface area contributed by atoms with Gasteiger partial charge in [0.05, 0.1) is 11.2 Å². The largest absolute Gasteiger partial charge is 0.353 e. The number of hydrogen-bond donors (Lipinski definition) is 1. The zero-order valence-corrected chi connectivity index (χ0v) is 13.1. The molecule has 0 bridgehead atoms. The van der Waals surface area contributed by atoms with Crippen LogP contribution in [0.2, 0.25) is 0 Å². The predicted molar refractivity (Wildman–Crippen MR) is 96.2 cm³/mol. The van der Waals surface area contributed by atoms with Crippen LogP contribution in [0.4, 0.5) is 11.4 Å². The molecule has 0 amide bonds. The number of benzene rings is 3. The molecule has 1 N–H and O–H groups in total. The summed E-state index contributed by atoms with van der Waals surface area (Å²) in [5.41, 5.74) is 3.78. The van der Waals surface area contributed by atoms with E-state index in [1.54, 1.807) is 0 Å². The summed E-state index contributed by atoms with van der Waals surface area (Å²) in [5.74, 6) is 0. The summed E-state index contributed by atoms with van der Waals surface area (Å²) >= 11 is 0. The molecule has 0 aliphatic carbocycles. The van der Waals surface area contributed by atoms with Gasteiger partial charge in [0, 0.05) is 11.1 Å². The molecule has 0 spiro atoms. The van der Waals surface area contributed by atoms with E-state index in [0.717, 1.165) is 27.5 Å². The molecule has 1 aromatic heterocycles. The molecule has 0 radical (unpaired) electrons. The van der Waals surface area contributed by atoms with Gasteiger partial charge in [0.25, 0.3) is 0 Å². The Morgan fingerprint density at radius 3 is 2.58 bits per heavy atom. The summed E-state index contributed by atoms with van der Waals surface area (Å²) in [6.45, 7) is 2.02. The standard InChI is InChI=1S/C20H14N4/c1-13-6-9-18-17(10-13)20(19(12-21)24-23-18)22-16-8-7-14-4-2-3-5-15(14)11-16/h2-11H,1H3,(H,22,23). The Hall–Kier alpha value is -3.45. The molecule has 4 rings (SSSR count). The van der Waals surface area contributed by atoms with Gasteiger partial charge in [-0.3, -0.25) is 0 Å². The molecule has 0 fully saturated rings. The second-order valence-electron chi connectivity index (χ2n) is 5.74. The molecule has 4 nitrogen and oxygen atoms in total. The lowest BCUT2D eigenvalue weighted by Crippen LogP contribution is -2.00. The first-order chi connectivity index (χ1) is 11.7. The van der Waals surface area contributed by atoms with Crippen LogP contribution in [-0.4, -0.2) is 10.2 Å². The van der Waals surface area contributed by atoms with E-state index < -0.39 is 0 Å². The zero-order valence-electron chi connectivity index (χ0n) is 13.1. The van der Waals surface area contributed by atoms with Gasteiger partial charge in [-0.2, -0.15) is 5.26 Å². The van der Waals surface area contributed by atoms with Crippen LogP contribution in [0.1, 0.15) is 11.3 Å². The topological polar surface area (TPSA) is 61.6 Å². The summed E-state index contributed by atoms with van der Waals surface area (Å²) < 4.78 is 0. The lowest BCUT2D eigenvalue weighted by atomic mass is 10.1. The summed E-state index contributed by atoms with van der Waals surface area (Å²) in [6, 6.07) is 22.4. The summed E-state index contributed by atoms with van der Waals surface area (Å²) in [7, 11) is 0. The summed E-state index contributed by atoms with van der Waals surface area (Å²) in [4.78, 5) is 0. The molecule has 4 aromatic rings. The monoisotopic (exact) mass is 310 g/mol. The van der Waals surface area contributed by atoms with Crippen molar-refractivity contribution in [3.8, 4) is 6.07 Å². The van der Waals surface area contributed by atoms with Crippen molar-refractivity contribution in [2.45, 2.75) is 6.92 Å². The summed E-state index contributed by atoms with van der Waals surface area (Å²) in [6.07, 6.45) is 0. The number of hydrogen-bond acceptors (Lipinski definition) is 4. The van der Waals surface area contributed by atoms with Crippen molar-refractivity contribution < 1.29 is 0 Å². The van der Waals surface area contributed by atoms with Crippen molar-refractivity contribution in [3.05, 3.63) is 71.9 Å². The van der Waals surface area contributed by atoms with Gasteiger partial charge in [-0.1, -0.05) is 42.0 Å². The summed E-state index contributed by atoms with van der Waals surface area (Å²) in [5, 5.41) is 24.2. The van der Waals surface area contributed by atoms with Gasteiger partial charge in [-0.25, -0.2) is 0 Å². The number of nitrogens with zero attached hydrogens (tertiary/aromatic N) is 3. The van der Waals surface area contributed by atoms with Crippen molar-refractivity contribution in [3.63, 3.8) is 0 Å². The van der Waals surface area contributed by atoms with Crippen LogP contribution >= 0.6 is 0 Å². The predicted octanol–water partition coefficient (Wildman–Crippen LogP) is 4.71. The molecular formula is C20H14N4. The first-order valence-corrected chi connectivity index (χ1v) is 7.67. The molecule has 1 heterocycles. The van der Waals surface area contributed by atoms with Crippen molar-refractivity contribution in [1.82, 2.24) is 10.2 Å². The third kappa shape index (κ3) is 2.42. The first kappa shape index (κ1) is 14.2. The average molecular weight is 310 g/mol. The molecule has 0 atom stereocenters. The quantitative estimate of drug-likeness (QED) is 0.582. The van der Waals surface area contributed by atoms with Gasteiger partial charge < -0.3 is 5.32 Å². The molecular weight excluding hydrogens is 296 g/mol. The minimum absolute atomic E-state index is 0.293. The number of anilines is 2. The maximum absolute atomic E-state index is 9.40. The fourth-order valence-electron chi connectivity index (χ4n) is 2.83. The molecule has 0 saturated carbocycles. The average Bonchev–Trinajstić information content (AvgIpc) is 2.62. The number of aryl methyl sites for hydroxylation is 1. The van der Waals surface area contributed by atoms with E-state index in [1.807, 2.05) is 43.3 Å². The van der Waals surface area contributed by atoms with Crippen molar-refractivity contribution >= 4 is 33.1 Å². The SMILES string of the molecule is Cc1ccc2nnc(C#N)c(Nc3ccc4ccccc4c3)c2c1. The number of fused-ring (bicyclic) bond motifs is 2. The molecule has 0 saturated heterocycles. The van der Waals surface area contributed by atoms with E-state index in [-0.39, 0.29) is 0 Å². The molecule has 24 heavy (non-hydrogen) atoms. The third-order valence-corrected chi connectivity index (χ3v) is 4.04. The molecule has 0 aliphatic heterocycles. The van der Waals surface area contributed by atoms with Crippen LogP contribution < -0.4 is 5.32 Å². The minimum Gasteiger partial charge on any atom is -0.353 e. The van der Waals surface area contributed by atoms with Gasteiger partial charge >= 0.3 is 0 Å². The number of aromatic nitrogens is 2. The highest BCUT2D eigenvalue weighted by molar-refractivity contribution is 5.96. The van der Waals surface area contributed by atoms with Crippen LogP contribution in [-0.2, 0) is 0 Å². The maximum Gasteiger partial charge on any atom is 0.187 e. The normalized spacial score (nSPS) is 10.7. The van der Waals surface area contributed by atoms with Crippen LogP contribution in [0, 0.1) is 18.3 Å². The number of nitrogens with one attached hydrogen (secondary N) is 1. The lowest BCUT2D eigenvalue weighted by Gasteiger charge is -2.11. The smallest absolute Gasteiger partial charge is 0.187 e. The third-order valence-electron chi connectivity index (χ3n) is 4.04. The first-order valence-electron chi connectivity index (χ1n) is 7.67. The molecule has 0 unspecified atom stereocenters. The maximum atomic E-state index is 9.40. The minimum atomic E-state index is 0.293. The van der Waals surface area contributed by atoms with E-state index >= 15 is 0 Å². The van der Waals surface area contributed by atoms with Gasteiger partial charge in [-0.15, -0.1) is 10.2 Å². The van der Waals surface area contributed by atoms with Crippen molar-refractivity contribution in [2.75, 3.05) is 5.32 Å². The highest BCUT2D eigenvalue weighted by Gasteiger charge is 2.11. The van der Waals surface area contributed by atoms with Crippen molar-refractivity contribution in [2.24, 2.45) is 0 Å². The molecule has 4 heteroatoms. The Bertz CT molecular complexity index is 1110. The highest BCUT2D eigenvalue weighted by Crippen LogP contribution is 2.29. The van der Waals surface area contributed by atoms with Crippen LogP contribution in [0.25, 0.3) is 21.7 Å². The highest BCUT2D eigenvalue weighted by atomic mass is 15.1. The fourth-order valence-corrected chi connectivity index (χ4v) is 2.83. The van der Waals surface area contributed by atoms with Gasteiger partial charge in [0.1, 0.15) is 6.07 Å². The fraction of sp³-hybridized carbons (Fsp3) is 0.0500. The number of rotatable bonds is 2. The van der Waals surface area contributed by atoms with Gasteiger partial charge in [0.15, 0.2) is 5.69 Å². The van der Waals surface area contributed by atoms with Crippen LogP contribution in [0.3, 0.4) is 0 Å². The van der Waals surface area contributed by atoms with E-state index in [1.165, 1.54) is 5.39 Å². The van der Waals surface area contributed by atoms with E-state index in [0.29, 0.717) is 11.4 Å². The second-order valence-corrected chi connectivity index (χ2v) is 5.74. The Kier molecular flexibility index (Phi) is 3.33.